The lowest BCUT2D eigenvalue weighted by atomic mass is 10.2. The standard InChI is InChI=1S/C19H19ClN4O3S/c20-15-4-1-3-14(11-15)12-16-18(26)24(19(27)28-16)9-5-17(25)22-6-2-8-23-10-7-21-13-23/h1,3-4,7,10-13H,2,5-6,8-9H2,(H,22,25)/b16-12+. The molecule has 9 heteroatoms. The number of hydrogen-bond acceptors (Lipinski definition) is 5. The van der Waals surface area contributed by atoms with E-state index in [0.29, 0.717) is 16.5 Å². The van der Waals surface area contributed by atoms with E-state index in [0.717, 1.165) is 35.2 Å². The third kappa shape index (κ3) is 5.46. The topological polar surface area (TPSA) is 84.3 Å². The summed E-state index contributed by atoms with van der Waals surface area (Å²) >= 11 is 6.81. The number of aromatic nitrogens is 2. The predicted octanol–water partition coefficient (Wildman–Crippen LogP) is 3.17. The zero-order valence-electron chi connectivity index (χ0n) is 15.0. The van der Waals surface area contributed by atoms with E-state index in [-0.39, 0.29) is 30.0 Å². The summed E-state index contributed by atoms with van der Waals surface area (Å²) in [7, 11) is 0. The highest BCUT2D eigenvalue weighted by molar-refractivity contribution is 8.18. The molecule has 1 aliphatic rings. The molecule has 0 spiro atoms. The molecule has 2 heterocycles. The second kappa shape index (κ2) is 9.57. The van der Waals surface area contributed by atoms with Crippen molar-refractivity contribution in [3.63, 3.8) is 0 Å². The van der Waals surface area contributed by atoms with Crippen LogP contribution in [0.3, 0.4) is 0 Å². The molecule has 0 radical (unpaired) electrons. The number of aryl methyl sites for hydroxylation is 1. The minimum atomic E-state index is -0.386. The van der Waals surface area contributed by atoms with Gasteiger partial charge in [0.25, 0.3) is 11.1 Å². The molecule has 146 valence electrons. The Labute approximate surface area is 171 Å². The lowest BCUT2D eigenvalue weighted by Crippen LogP contribution is -2.34. The molecule has 0 bridgehead atoms. The van der Waals surface area contributed by atoms with Crippen LogP contribution in [0.25, 0.3) is 6.08 Å². The Balaban J connectivity index is 1.45. The third-order valence-electron chi connectivity index (χ3n) is 4.06. The first kappa shape index (κ1) is 20.2. The molecular formula is C19H19ClN4O3S. The molecule has 0 aliphatic carbocycles. The first-order chi connectivity index (χ1) is 13.5. The molecule has 1 N–H and O–H groups in total. The van der Waals surface area contributed by atoms with Gasteiger partial charge in [-0.2, -0.15) is 0 Å². The van der Waals surface area contributed by atoms with E-state index < -0.39 is 0 Å². The smallest absolute Gasteiger partial charge is 0.293 e. The number of benzene rings is 1. The molecule has 0 saturated carbocycles. The molecular weight excluding hydrogens is 400 g/mol. The molecule has 3 rings (SSSR count). The van der Waals surface area contributed by atoms with E-state index in [9.17, 15) is 14.4 Å². The van der Waals surface area contributed by atoms with Gasteiger partial charge in [0.05, 0.1) is 11.2 Å². The van der Waals surface area contributed by atoms with Crippen LogP contribution < -0.4 is 5.32 Å². The fourth-order valence-corrected chi connectivity index (χ4v) is 3.71. The minimum absolute atomic E-state index is 0.0604. The number of thioether (sulfide) groups is 1. The number of imide groups is 1. The van der Waals surface area contributed by atoms with Crippen molar-refractivity contribution < 1.29 is 14.4 Å². The Hall–Kier alpha value is -2.58. The summed E-state index contributed by atoms with van der Waals surface area (Å²) in [4.78, 5) is 41.9. The number of amides is 3. The summed E-state index contributed by atoms with van der Waals surface area (Å²) < 4.78 is 1.93. The normalized spacial score (nSPS) is 15.5. The quantitative estimate of drug-likeness (QED) is 0.525. The molecule has 2 aromatic rings. The highest BCUT2D eigenvalue weighted by Crippen LogP contribution is 2.32. The number of rotatable bonds is 8. The monoisotopic (exact) mass is 418 g/mol. The van der Waals surface area contributed by atoms with Crippen molar-refractivity contribution >= 4 is 46.5 Å². The third-order valence-corrected chi connectivity index (χ3v) is 5.20. The Morgan fingerprint density at radius 2 is 2.14 bits per heavy atom. The van der Waals surface area contributed by atoms with Gasteiger partial charge in [0.15, 0.2) is 0 Å². The summed E-state index contributed by atoms with van der Waals surface area (Å²) in [6.45, 7) is 1.34. The van der Waals surface area contributed by atoms with Gasteiger partial charge < -0.3 is 9.88 Å². The second-order valence-corrected chi connectivity index (χ2v) is 7.57. The Morgan fingerprint density at radius 1 is 1.29 bits per heavy atom. The maximum Gasteiger partial charge on any atom is 0.293 e. The van der Waals surface area contributed by atoms with E-state index in [4.69, 9.17) is 11.6 Å². The van der Waals surface area contributed by atoms with Crippen molar-refractivity contribution in [3.8, 4) is 0 Å². The van der Waals surface area contributed by atoms with Crippen LogP contribution in [-0.2, 0) is 16.1 Å². The van der Waals surface area contributed by atoms with Crippen molar-refractivity contribution in [3.05, 3.63) is 58.5 Å². The Bertz CT molecular complexity index is 898. The van der Waals surface area contributed by atoms with Crippen LogP contribution in [0, 0.1) is 0 Å². The van der Waals surface area contributed by atoms with Crippen LogP contribution in [0.2, 0.25) is 5.02 Å². The number of nitrogens with one attached hydrogen (secondary N) is 1. The first-order valence-electron chi connectivity index (χ1n) is 8.76. The van der Waals surface area contributed by atoms with Gasteiger partial charge in [0.1, 0.15) is 0 Å². The Morgan fingerprint density at radius 3 is 2.89 bits per heavy atom. The highest BCUT2D eigenvalue weighted by Gasteiger charge is 2.34. The van der Waals surface area contributed by atoms with E-state index in [2.05, 4.69) is 10.3 Å². The predicted molar refractivity (Wildman–Crippen MR) is 109 cm³/mol. The van der Waals surface area contributed by atoms with Crippen LogP contribution in [0.4, 0.5) is 4.79 Å². The maximum atomic E-state index is 12.5. The zero-order valence-corrected chi connectivity index (χ0v) is 16.6. The van der Waals surface area contributed by atoms with Crippen LogP contribution in [0.1, 0.15) is 18.4 Å². The van der Waals surface area contributed by atoms with E-state index in [1.54, 1.807) is 42.9 Å². The van der Waals surface area contributed by atoms with Gasteiger partial charge in [-0.1, -0.05) is 23.7 Å². The van der Waals surface area contributed by atoms with Crippen molar-refractivity contribution in [2.45, 2.75) is 19.4 Å². The average molecular weight is 419 g/mol. The molecule has 1 aliphatic heterocycles. The molecule has 0 unspecified atom stereocenters. The molecule has 7 nitrogen and oxygen atoms in total. The fourth-order valence-electron chi connectivity index (χ4n) is 2.65. The molecule has 1 aromatic heterocycles. The van der Waals surface area contributed by atoms with Gasteiger partial charge in [0.2, 0.25) is 5.91 Å². The van der Waals surface area contributed by atoms with Crippen LogP contribution in [0.5, 0.6) is 0 Å². The molecule has 1 aromatic carbocycles. The van der Waals surface area contributed by atoms with Gasteiger partial charge in [-0.3, -0.25) is 19.3 Å². The van der Waals surface area contributed by atoms with Crippen molar-refractivity contribution in [1.29, 1.82) is 0 Å². The molecule has 3 amide bonds. The lowest BCUT2D eigenvalue weighted by Gasteiger charge is -2.12. The van der Waals surface area contributed by atoms with Gasteiger partial charge in [-0.25, -0.2) is 4.98 Å². The zero-order chi connectivity index (χ0) is 19.9. The Kier molecular flexibility index (Phi) is 6.89. The van der Waals surface area contributed by atoms with Crippen LogP contribution >= 0.6 is 23.4 Å². The number of carbonyl (C=O) groups is 3. The minimum Gasteiger partial charge on any atom is -0.356 e. The highest BCUT2D eigenvalue weighted by atomic mass is 35.5. The van der Waals surface area contributed by atoms with Gasteiger partial charge in [-0.05, 0) is 42.0 Å². The first-order valence-corrected chi connectivity index (χ1v) is 9.96. The number of hydrogen-bond donors (Lipinski definition) is 1. The second-order valence-electron chi connectivity index (χ2n) is 6.14. The van der Waals surface area contributed by atoms with Crippen LogP contribution in [-0.4, -0.2) is 44.6 Å². The molecule has 0 atom stereocenters. The summed E-state index contributed by atoms with van der Waals surface area (Å²) in [6, 6.07) is 7.03. The van der Waals surface area contributed by atoms with E-state index >= 15 is 0 Å². The maximum absolute atomic E-state index is 12.5. The van der Waals surface area contributed by atoms with Crippen molar-refractivity contribution in [2.24, 2.45) is 0 Å². The SMILES string of the molecule is O=C(CCN1C(=O)S/C(=C/c2cccc(Cl)c2)C1=O)NCCCn1ccnc1. The lowest BCUT2D eigenvalue weighted by molar-refractivity contribution is -0.124. The summed E-state index contributed by atoms with van der Waals surface area (Å²) in [5.41, 5.74) is 0.744. The van der Waals surface area contributed by atoms with Crippen LogP contribution in [0.15, 0.2) is 47.9 Å². The van der Waals surface area contributed by atoms with Crippen molar-refractivity contribution in [2.75, 3.05) is 13.1 Å². The van der Waals surface area contributed by atoms with Crippen molar-refractivity contribution in [1.82, 2.24) is 19.8 Å². The molecule has 1 saturated heterocycles. The van der Waals surface area contributed by atoms with Gasteiger partial charge in [-0.15, -0.1) is 0 Å². The summed E-state index contributed by atoms with van der Waals surface area (Å²) in [5.74, 6) is -0.577. The van der Waals surface area contributed by atoms with E-state index in [1.807, 2.05) is 10.8 Å². The van der Waals surface area contributed by atoms with Gasteiger partial charge >= 0.3 is 0 Å². The summed E-state index contributed by atoms with van der Waals surface area (Å²) in [6.07, 6.45) is 7.76. The van der Waals surface area contributed by atoms with E-state index in [1.165, 1.54) is 0 Å². The fraction of sp³-hybridized carbons (Fsp3) is 0.263. The number of nitrogens with zero attached hydrogens (tertiary/aromatic N) is 3. The number of carbonyl (C=O) groups excluding carboxylic acids is 3. The number of halogens is 1. The van der Waals surface area contributed by atoms with Gasteiger partial charge in [0, 0.05) is 43.5 Å². The average Bonchev–Trinajstić information content (AvgIpc) is 3.26. The molecule has 28 heavy (non-hydrogen) atoms. The summed E-state index contributed by atoms with van der Waals surface area (Å²) in [5, 5.41) is 2.98. The number of imidazole rings is 1. The molecule has 1 fully saturated rings. The largest absolute Gasteiger partial charge is 0.356 e.